The molecule has 1 atom stereocenters. The molecule has 1 fully saturated rings. The Labute approximate surface area is 198 Å². The van der Waals surface area contributed by atoms with Crippen LogP contribution in [0.5, 0.6) is 0 Å². The normalized spacial score (nSPS) is 19.4. The molecule has 3 aromatic rings. The van der Waals surface area contributed by atoms with Gasteiger partial charge >= 0.3 is 0 Å². The van der Waals surface area contributed by atoms with Crippen LogP contribution in [-0.4, -0.2) is 33.1 Å². The number of aromatic nitrogens is 3. The van der Waals surface area contributed by atoms with Crippen molar-refractivity contribution < 1.29 is 5.11 Å². The number of fused-ring (bicyclic) bond motifs is 1. The summed E-state index contributed by atoms with van der Waals surface area (Å²) in [5, 5.41) is 10.4. The number of benzene rings is 1. The lowest BCUT2D eigenvalue weighted by Crippen LogP contribution is -2.45. The van der Waals surface area contributed by atoms with Gasteiger partial charge in [0.25, 0.3) is 0 Å². The number of aliphatic hydroxyl groups is 1. The van der Waals surface area contributed by atoms with Gasteiger partial charge in [0.1, 0.15) is 11.5 Å². The summed E-state index contributed by atoms with van der Waals surface area (Å²) in [6, 6.07) is 10.4. The smallest absolute Gasteiger partial charge is 0.152 e. The summed E-state index contributed by atoms with van der Waals surface area (Å²) in [5.41, 5.74) is 17.2. The van der Waals surface area contributed by atoms with Crippen LogP contribution in [0.3, 0.4) is 0 Å². The summed E-state index contributed by atoms with van der Waals surface area (Å²) < 4.78 is 0. The van der Waals surface area contributed by atoms with Gasteiger partial charge in [0, 0.05) is 25.3 Å². The maximum atomic E-state index is 9.99. The van der Waals surface area contributed by atoms with Gasteiger partial charge in [-0.15, -0.1) is 0 Å². The van der Waals surface area contributed by atoms with E-state index in [2.05, 4.69) is 44.1 Å². The molecule has 7 nitrogen and oxygen atoms in total. The molecule has 5 rings (SSSR count). The molecular weight excluding hydrogens is 436 g/mol. The average Bonchev–Trinajstić information content (AvgIpc) is 3.11. The van der Waals surface area contributed by atoms with Gasteiger partial charge in [-0.1, -0.05) is 41.9 Å². The van der Waals surface area contributed by atoms with Crippen molar-refractivity contribution in [1.29, 1.82) is 0 Å². The third-order valence-electron chi connectivity index (χ3n) is 7.02. The molecule has 3 heterocycles. The number of hydrogen-bond donors (Lipinski definition) is 3. The van der Waals surface area contributed by atoms with Gasteiger partial charge < -0.3 is 21.5 Å². The second-order valence-electron chi connectivity index (χ2n) is 8.86. The van der Waals surface area contributed by atoms with E-state index in [-0.39, 0.29) is 23.9 Å². The molecule has 0 amide bonds. The van der Waals surface area contributed by atoms with E-state index >= 15 is 0 Å². The standard InChI is InChI=1S/C25H27ClN6O/c26-21-16(7-10-29-23(21)28)5-6-18-14-30-24(20(15-33)31-18)32-11-8-25(9-12-32)13-17-3-1-2-4-19(17)22(25)27/h1-7,10,14,22,33H,8-9,11-13,15,27H2,(H2,28,29)/b6-5-/t22-/m1/s1. The molecule has 0 bridgehead atoms. The number of hydrogen-bond acceptors (Lipinski definition) is 7. The van der Waals surface area contributed by atoms with Crippen molar-refractivity contribution in [2.24, 2.45) is 11.1 Å². The summed E-state index contributed by atoms with van der Waals surface area (Å²) in [4.78, 5) is 15.4. The highest BCUT2D eigenvalue weighted by atomic mass is 35.5. The zero-order valence-corrected chi connectivity index (χ0v) is 19.0. The Morgan fingerprint density at radius 2 is 1.94 bits per heavy atom. The zero-order valence-electron chi connectivity index (χ0n) is 18.3. The quantitative estimate of drug-likeness (QED) is 0.542. The maximum Gasteiger partial charge on any atom is 0.152 e. The molecule has 170 valence electrons. The van der Waals surface area contributed by atoms with Crippen molar-refractivity contribution in [2.75, 3.05) is 23.7 Å². The highest BCUT2D eigenvalue weighted by Crippen LogP contribution is 2.51. The van der Waals surface area contributed by atoms with E-state index in [4.69, 9.17) is 23.1 Å². The first kappa shape index (κ1) is 21.8. The summed E-state index contributed by atoms with van der Waals surface area (Å²) in [7, 11) is 0. The van der Waals surface area contributed by atoms with Crippen LogP contribution in [0.4, 0.5) is 11.6 Å². The Balaban J connectivity index is 1.32. The second kappa shape index (κ2) is 8.74. The monoisotopic (exact) mass is 462 g/mol. The van der Waals surface area contributed by atoms with Gasteiger partial charge in [-0.05, 0) is 53.5 Å². The highest BCUT2D eigenvalue weighted by molar-refractivity contribution is 6.34. The van der Waals surface area contributed by atoms with E-state index in [9.17, 15) is 5.11 Å². The number of aliphatic hydroxyl groups excluding tert-OH is 1. The molecule has 1 aliphatic heterocycles. The van der Waals surface area contributed by atoms with Crippen molar-refractivity contribution in [2.45, 2.75) is 31.9 Å². The van der Waals surface area contributed by atoms with Crippen molar-refractivity contribution in [1.82, 2.24) is 15.0 Å². The van der Waals surface area contributed by atoms with E-state index in [1.807, 2.05) is 6.08 Å². The summed E-state index contributed by atoms with van der Waals surface area (Å²) in [6.45, 7) is 1.49. The highest BCUT2D eigenvalue weighted by Gasteiger charge is 2.46. The molecule has 0 unspecified atom stereocenters. The van der Waals surface area contributed by atoms with Crippen molar-refractivity contribution in [3.05, 3.63) is 75.8 Å². The first-order valence-corrected chi connectivity index (χ1v) is 11.5. The van der Waals surface area contributed by atoms with Crippen LogP contribution < -0.4 is 16.4 Å². The van der Waals surface area contributed by atoms with Crippen LogP contribution in [-0.2, 0) is 13.0 Å². The van der Waals surface area contributed by atoms with Gasteiger partial charge in [0.2, 0.25) is 0 Å². The number of nitrogens with two attached hydrogens (primary N) is 2. The van der Waals surface area contributed by atoms with Gasteiger partial charge in [-0.2, -0.15) is 0 Å². The van der Waals surface area contributed by atoms with E-state index in [1.165, 1.54) is 11.1 Å². The minimum atomic E-state index is -0.181. The fraction of sp³-hybridized carbons (Fsp3) is 0.320. The summed E-state index contributed by atoms with van der Waals surface area (Å²) in [5.74, 6) is 1.02. The van der Waals surface area contributed by atoms with Gasteiger partial charge in [0.05, 0.1) is 23.5 Å². The topological polar surface area (TPSA) is 114 Å². The number of nitrogens with zero attached hydrogens (tertiary/aromatic N) is 4. The third-order valence-corrected chi connectivity index (χ3v) is 7.43. The third kappa shape index (κ3) is 3.97. The number of nitrogen functional groups attached to an aromatic ring is 1. The number of pyridine rings is 1. The molecule has 0 saturated carbocycles. The van der Waals surface area contributed by atoms with E-state index in [0.717, 1.165) is 43.7 Å². The second-order valence-corrected chi connectivity index (χ2v) is 9.24. The van der Waals surface area contributed by atoms with E-state index in [0.29, 0.717) is 16.4 Å². The van der Waals surface area contributed by atoms with Gasteiger partial charge in [0.15, 0.2) is 5.82 Å². The molecular formula is C25H27ClN6O. The largest absolute Gasteiger partial charge is 0.390 e. The fourth-order valence-corrected chi connectivity index (χ4v) is 5.31. The summed E-state index contributed by atoms with van der Waals surface area (Å²) >= 11 is 6.21. The molecule has 1 saturated heterocycles. The molecule has 2 aromatic heterocycles. The van der Waals surface area contributed by atoms with E-state index < -0.39 is 0 Å². The summed E-state index contributed by atoms with van der Waals surface area (Å²) in [6.07, 6.45) is 9.93. The predicted molar refractivity (Wildman–Crippen MR) is 131 cm³/mol. The Morgan fingerprint density at radius 1 is 1.15 bits per heavy atom. The maximum absolute atomic E-state index is 9.99. The lowest BCUT2D eigenvalue weighted by molar-refractivity contribution is 0.186. The van der Waals surface area contributed by atoms with Gasteiger partial charge in [-0.25, -0.2) is 15.0 Å². The Hall–Kier alpha value is -3.00. The van der Waals surface area contributed by atoms with Crippen LogP contribution in [0.2, 0.25) is 5.02 Å². The number of anilines is 2. The minimum Gasteiger partial charge on any atom is -0.390 e. The van der Waals surface area contributed by atoms with Gasteiger partial charge in [-0.3, -0.25) is 0 Å². The lowest BCUT2D eigenvalue weighted by Gasteiger charge is -2.42. The molecule has 1 spiro atoms. The average molecular weight is 463 g/mol. The first-order valence-electron chi connectivity index (χ1n) is 11.1. The number of halogens is 1. The Morgan fingerprint density at radius 3 is 2.70 bits per heavy atom. The number of piperidine rings is 1. The van der Waals surface area contributed by atoms with Crippen LogP contribution >= 0.6 is 11.6 Å². The fourth-order valence-electron chi connectivity index (χ4n) is 5.14. The predicted octanol–water partition coefficient (Wildman–Crippen LogP) is 3.61. The van der Waals surface area contributed by atoms with Crippen molar-refractivity contribution >= 4 is 35.4 Å². The molecule has 5 N–H and O–H groups in total. The lowest BCUT2D eigenvalue weighted by atomic mass is 9.73. The molecule has 1 aliphatic carbocycles. The zero-order chi connectivity index (χ0) is 23.0. The molecule has 33 heavy (non-hydrogen) atoms. The SMILES string of the molecule is Nc1nccc(/C=C\c2cnc(N3CCC4(CC3)Cc3ccccc3[C@H]4N)c(CO)n2)c1Cl. The Bertz CT molecular complexity index is 1210. The number of rotatable bonds is 4. The molecule has 8 heteroatoms. The molecule has 2 aliphatic rings. The Kier molecular flexibility index (Phi) is 5.78. The van der Waals surface area contributed by atoms with Crippen LogP contribution in [0.15, 0.2) is 42.7 Å². The van der Waals surface area contributed by atoms with Crippen LogP contribution in [0.1, 0.15) is 47.0 Å². The van der Waals surface area contributed by atoms with Crippen LogP contribution in [0, 0.1) is 5.41 Å². The minimum absolute atomic E-state index is 0.0702. The van der Waals surface area contributed by atoms with Crippen molar-refractivity contribution in [3.8, 4) is 0 Å². The molecule has 1 aromatic carbocycles. The first-order chi connectivity index (χ1) is 16.0. The van der Waals surface area contributed by atoms with E-state index in [1.54, 1.807) is 24.5 Å². The molecule has 0 radical (unpaired) electrons. The van der Waals surface area contributed by atoms with Crippen LogP contribution in [0.25, 0.3) is 12.2 Å². The van der Waals surface area contributed by atoms with Crippen molar-refractivity contribution in [3.63, 3.8) is 0 Å².